The van der Waals surface area contributed by atoms with E-state index in [2.05, 4.69) is 0 Å². The Labute approximate surface area is 100 Å². The molecule has 5 nitrogen and oxygen atoms in total. The number of nitro groups is 1. The molecule has 1 rings (SSSR count). The third-order valence-electron chi connectivity index (χ3n) is 2.59. The van der Waals surface area contributed by atoms with Crippen molar-refractivity contribution in [1.29, 1.82) is 0 Å². The second kappa shape index (κ2) is 5.14. The van der Waals surface area contributed by atoms with Crippen molar-refractivity contribution in [2.75, 3.05) is 13.7 Å². The second-order valence-electron chi connectivity index (χ2n) is 4.75. The van der Waals surface area contributed by atoms with Crippen LogP contribution in [-0.4, -0.2) is 23.7 Å². The van der Waals surface area contributed by atoms with Crippen LogP contribution in [0.5, 0.6) is 5.75 Å². The summed E-state index contributed by atoms with van der Waals surface area (Å²) >= 11 is 0. The summed E-state index contributed by atoms with van der Waals surface area (Å²) in [5.41, 5.74) is 0.264. The van der Waals surface area contributed by atoms with Crippen LogP contribution in [0.15, 0.2) is 18.2 Å². The third kappa shape index (κ3) is 3.42. The number of rotatable bonds is 5. The van der Waals surface area contributed by atoms with Gasteiger partial charge < -0.3 is 9.84 Å². The van der Waals surface area contributed by atoms with Gasteiger partial charge in [0.05, 0.1) is 18.1 Å². The van der Waals surface area contributed by atoms with E-state index in [1.165, 1.54) is 13.2 Å². The molecule has 0 aromatic heterocycles. The summed E-state index contributed by atoms with van der Waals surface area (Å²) in [7, 11) is 1.47. The lowest BCUT2D eigenvalue weighted by molar-refractivity contribution is -0.385. The van der Waals surface area contributed by atoms with Crippen molar-refractivity contribution in [1.82, 2.24) is 0 Å². The number of hydrogen-bond donors (Lipinski definition) is 1. The van der Waals surface area contributed by atoms with Gasteiger partial charge in [-0.25, -0.2) is 0 Å². The summed E-state index contributed by atoms with van der Waals surface area (Å²) in [5.74, 6) is 0.460. The van der Waals surface area contributed by atoms with E-state index in [0.717, 1.165) is 0 Å². The standard InChI is InChI=1S/C12H17NO4/c1-12(2,8-14)7-9-4-5-10(17-3)6-11(9)13(15)16/h4-6,14H,7-8H2,1-3H3. The van der Waals surface area contributed by atoms with Crippen LogP contribution in [0.2, 0.25) is 0 Å². The number of aliphatic hydroxyl groups excluding tert-OH is 1. The topological polar surface area (TPSA) is 72.6 Å². The van der Waals surface area contributed by atoms with Gasteiger partial charge in [0, 0.05) is 12.2 Å². The van der Waals surface area contributed by atoms with Crippen LogP contribution in [0.4, 0.5) is 5.69 Å². The highest BCUT2D eigenvalue weighted by molar-refractivity contribution is 5.46. The fraction of sp³-hybridized carbons (Fsp3) is 0.500. The molecule has 0 saturated heterocycles. The van der Waals surface area contributed by atoms with Gasteiger partial charge in [-0.15, -0.1) is 0 Å². The van der Waals surface area contributed by atoms with Gasteiger partial charge in [0.25, 0.3) is 5.69 Å². The second-order valence-corrected chi connectivity index (χ2v) is 4.75. The van der Waals surface area contributed by atoms with Gasteiger partial charge in [0.2, 0.25) is 0 Å². The van der Waals surface area contributed by atoms with E-state index < -0.39 is 4.92 Å². The summed E-state index contributed by atoms with van der Waals surface area (Å²) in [6, 6.07) is 4.77. The van der Waals surface area contributed by atoms with E-state index in [4.69, 9.17) is 4.74 Å². The normalized spacial score (nSPS) is 11.3. The molecule has 0 bridgehead atoms. The molecule has 0 radical (unpaired) electrons. The molecule has 94 valence electrons. The Morgan fingerprint density at radius 1 is 1.47 bits per heavy atom. The summed E-state index contributed by atoms with van der Waals surface area (Å²) in [4.78, 5) is 10.5. The van der Waals surface area contributed by atoms with E-state index >= 15 is 0 Å². The van der Waals surface area contributed by atoms with E-state index in [1.54, 1.807) is 12.1 Å². The highest BCUT2D eigenvalue weighted by atomic mass is 16.6. The van der Waals surface area contributed by atoms with Crippen LogP contribution < -0.4 is 4.74 Å². The van der Waals surface area contributed by atoms with Gasteiger partial charge in [0.1, 0.15) is 5.75 Å². The van der Waals surface area contributed by atoms with Crippen molar-refractivity contribution >= 4 is 5.69 Å². The molecule has 0 spiro atoms. The van der Waals surface area contributed by atoms with Crippen molar-refractivity contribution in [3.8, 4) is 5.75 Å². The molecule has 1 N–H and O–H groups in total. The zero-order chi connectivity index (χ0) is 13.1. The van der Waals surface area contributed by atoms with E-state index in [9.17, 15) is 15.2 Å². The molecule has 0 atom stereocenters. The van der Waals surface area contributed by atoms with Crippen LogP contribution >= 0.6 is 0 Å². The molecular formula is C12H17NO4. The van der Waals surface area contributed by atoms with Crippen molar-refractivity contribution in [2.24, 2.45) is 5.41 Å². The summed E-state index contributed by atoms with van der Waals surface area (Å²) in [6.07, 6.45) is 0.448. The number of benzene rings is 1. The van der Waals surface area contributed by atoms with Crippen molar-refractivity contribution < 1.29 is 14.8 Å². The average Bonchev–Trinajstić information content (AvgIpc) is 2.29. The lowest BCUT2D eigenvalue weighted by Crippen LogP contribution is -2.20. The van der Waals surface area contributed by atoms with E-state index in [-0.39, 0.29) is 17.7 Å². The Kier molecular flexibility index (Phi) is 4.07. The number of hydrogen-bond acceptors (Lipinski definition) is 4. The number of nitro benzene ring substituents is 1. The van der Waals surface area contributed by atoms with Crippen LogP contribution in [0.1, 0.15) is 19.4 Å². The molecule has 0 aliphatic heterocycles. The van der Waals surface area contributed by atoms with Crippen LogP contribution in [0.25, 0.3) is 0 Å². The number of methoxy groups -OCH3 is 1. The van der Waals surface area contributed by atoms with Gasteiger partial charge in [-0.05, 0) is 24.0 Å². The summed E-state index contributed by atoms with van der Waals surface area (Å²) < 4.78 is 4.96. The maximum absolute atomic E-state index is 11.0. The molecule has 0 unspecified atom stereocenters. The molecule has 0 saturated carbocycles. The Balaban J connectivity index is 3.11. The predicted octanol–water partition coefficient (Wildman–Crippen LogP) is 2.16. The lowest BCUT2D eigenvalue weighted by Gasteiger charge is -2.21. The quantitative estimate of drug-likeness (QED) is 0.631. The van der Waals surface area contributed by atoms with Crippen LogP contribution in [-0.2, 0) is 6.42 Å². The van der Waals surface area contributed by atoms with Crippen molar-refractivity contribution in [2.45, 2.75) is 20.3 Å². The van der Waals surface area contributed by atoms with E-state index in [0.29, 0.717) is 17.7 Å². The number of ether oxygens (including phenoxy) is 1. The minimum Gasteiger partial charge on any atom is -0.497 e. The molecule has 0 heterocycles. The maximum atomic E-state index is 11.0. The molecule has 0 aliphatic rings. The maximum Gasteiger partial charge on any atom is 0.276 e. The molecule has 5 heteroatoms. The fourth-order valence-electron chi connectivity index (χ4n) is 1.56. The molecule has 1 aromatic rings. The highest BCUT2D eigenvalue weighted by Crippen LogP contribution is 2.30. The van der Waals surface area contributed by atoms with Gasteiger partial charge >= 0.3 is 0 Å². The average molecular weight is 239 g/mol. The first-order chi connectivity index (χ1) is 7.89. The SMILES string of the molecule is COc1ccc(CC(C)(C)CO)c([N+](=O)[O-])c1. The van der Waals surface area contributed by atoms with Crippen LogP contribution in [0.3, 0.4) is 0 Å². The van der Waals surface area contributed by atoms with Gasteiger partial charge in [-0.2, -0.15) is 0 Å². The Morgan fingerprint density at radius 3 is 2.59 bits per heavy atom. The molecule has 0 amide bonds. The largest absolute Gasteiger partial charge is 0.497 e. The number of nitrogens with zero attached hydrogens (tertiary/aromatic N) is 1. The minimum atomic E-state index is -0.425. The molecule has 1 aromatic carbocycles. The monoisotopic (exact) mass is 239 g/mol. The third-order valence-corrected chi connectivity index (χ3v) is 2.59. The van der Waals surface area contributed by atoms with E-state index in [1.807, 2.05) is 13.8 Å². The first-order valence-corrected chi connectivity index (χ1v) is 5.32. The Morgan fingerprint density at radius 2 is 2.12 bits per heavy atom. The molecule has 0 fully saturated rings. The Hall–Kier alpha value is -1.62. The molecular weight excluding hydrogens is 222 g/mol. The summed E-state index contributed by atoms with van der Waals surface area (Å²) in [5, 5.41) is 20.1. The lowest BCUT2D eigenvalue weighted by atomic mass is 9.86. The summed E-state index contributed by atoms with van der Waals surface area (Å²) in [6.45, 7) is 3.71. The zero-order valence-corrected chi connectivity index (χ0v) is 10.3. The van der Waals surface area contributed by atoms with Crippen LogP contribution in [0, 0.1) is 15.5 Å². The Bertz CT molecular complexity index is 415. The first-order valence-electron chi connectivity index (χ1n) is 5.32. The number of aliphatic hydroxyl groups is 1. The van der Waals surface area contributed by atoms with Gasteiger partial charge in [-0.1, -0.05) is 13.8 Å². The van der Waals surface area contributed by atoms with Crippen molar-refractivity contribution in [3.63, 3.8) is 0 Å². The highest BCUT2D eigenvalue weighted by Gasteiger charge is 2.23. The minimum absolute atomic E-state index is 0.0177. The van der Waals surface area contributed by atoms with Gasteiger partial charge in [-0.3, -0.25) is 10.1 Å². The smallest absolute Gasteiger partial charge is 0.276 e. The predicted molar refractivity (Wildman–Crippen MR) is 64.2 cm³/mol. The fourth-order valence-corrected chi connectivity index (χ4v) is 1.56. The van der Waals surface area contributed by atoms with Crippen molar-refractivity contribution in [3.05, 3.63) is 33.9 Å². The molecule has 0 aliphatic carbocycles. The molecule has 17 heavy (non-hydrogen) atoms. The van der Waals surface area contributed by atoms with Gasteiger partial charge in [0.15, 0.2) is 0 Å². The zero-order valence-electron chi connectivity index (χ0n) is 10.3. The first kappa shape index (κ1) is 13.4.